The van der Waals surface area contributed by atoms with Crippen molar-refractivity contribution in [1.29, 1.82) is 0 Å². The zero-order valence-electron chi connectivity index (χ0n) is 20.5. The minimum Gasteiger partial charge on any atom is -0.484 e. The van der Waals surface area contributed by atoms with Crippen molar-refractivity contribution in [1.82, 2.24) is 10.2 Å². The van der Waals surface area contributed by atoms with Crippen molar-refractivity contribution < 1.29 is 18.7 Å². The molecule has 0 fully saturated rings. The van der Waals surface area contributed by atoms with Crippen LogP contribution in [0.2, 0.25) is 0 Å². The Kier molecular flexibility index (Phi) is 9.41. The van der Waals surface area contributed by atoms with Crippen LogP contribution in [0.25, 0.3) is 0 Å². The lowest BCUT2D eigenvalue weighted by Crippen LogP contribution is -2.52. The maximum Gasteiger partial charge on any atom is 0.261 e. The van der Waals surface area contributed by atoms with E-state index in [0.29, 0.717) is 18.7 Å². The summed E-state index contributed by atoms with van der Waals surface area (Å²) in [5.74, 6) is -0.0641. The Balaban J connectivity index is 1.88. The fourth-order valence-electron chi connectivity index (χ4n) is 3.63. The molecular formula is C29H33FN2O3. The summed E-state index contributed by atoms with van der Waals surface area (Å²) in [7, 11) is 0. The maximum atomic E-state index is 13.5. The van der Waals surface area contributed by atoms with Gasteiger partial charge in [0.25, 0.3) is 5.91 Å². The number of benzene rings is 3. The van der Waals surface area contributed by atoms with Crippen molar-refractivity contribution in [3.05, 3.63) is 101 Å². The number of nitrogens with one attached hydrogen (secondary N) is 1. The number of rotatable bonds is 11. The second-order valence-corrected chi connectivity index (χ2v) is 9.09. The second kappa shape index (κ2) is 12.7. The Bertz CT molecular complexity index is 1080. The minimum atomic E-state index is -0.754. The predicted molar refractivity (Wildman–Crippen MR) is 135 cm³/mol. The van der Waals surface area contributed by atoms with Crippen molar-refractivity contribution in [2.24, 2.45) is 5.92 Å². The molecule has 0 unspecified atom stereocenters. The summed E-state index contributed by atoms with van der Waals surface area (Å²) in [5.41, 5.74) is 2.75. The average molecular weight is 477 g/mol. The van der Waals surface area contributed by atoms with E-state index in [1.165, 1.54) is 17.0 Å². The quantitative estimate of drug-likeness (QED) is 0.427. The van der Waals surface area contributed by atoms with Gasteiger partial charge in [0.15, 0.2) is 6.61 Å². The average Bonchev–Trinajstić information content (AvgIpc) is 2.86. The highest BCUT2D eigenvalue weighted by atomic mass is 19.1. The topological polar surface area (TPSA) is 58.6 Å². The zero-order chi connectivity index (χ0) is 25.2. The Hall–Kier alpha value is -3.67. The third kappa shape index (κ3) is 8.25. The normalized spacial score (nSPS) is 11.7. The Morgan fingerprint density at radius 2 is 1.57 bits per heavy atom. The van der Waals surface area contributed by atoms with Gasteiger partial charge in [-0.05, 0) is 48.2 Å². The summed E-state index contributed by atoms with van der Waals surface area (Å²) in [5, 5.41) is 2.98. The molecule has 1 N–H and O–H groups in total. The van der Waals surface area contributed by atoms with E-state index in [9.17, 15) is 14.0 Å². The van der Waals surface area contributed by atoms with Crippen LogP contribution in [0.3, 0.4) is 0 Å². The van der Waals surface area contributed by atoms with E-state index in [1.807, 2.05) is 75.4 Å². The molecule has 6 heteroatoms. The van der Waals surface area contributed by atoms with Gasteiger partial charge in [0.05, 0.1) is 0 Å². The van der Waals surface area contributed by atoms with E-state index in [-0.39, 0.29) is 36.7 Å². The third-order valence-electron chi connectivity index (χ3n) is 5.61. The molecule has 0 bridgehead atoms. The molecule has 35 heavy (non-hydrogen) atoms. The van der Waals surface area contributed by atoms with Crippen molar-refractivity contribution in [3.63, 3.8) is 0 Å². The first-order valence-corrected chi connectivity index (χ1v) is 11.9. The van der Waals surface area contributed by atoms with Crippen molar-refractivity contribution in [2.45, 2.75) is 39.8 Å². The molecule has 0 saturated heterocycles. The smallest absolute Gasteiger partial charge is 0.261 e. The highest BCUT2D eigenvalue weighted by Crippen LogP contribution is 2.17. The number of nitrogens with zero attached hydrogens (tertiary/aromatic N) is 1. The van der Waals surface area contributed by atoms with Gasteiger partial charge in [-0.2, -0.15) is 0 Å². The predicted octanol–water partition coefficient (Wildman–Crippen LogP) is 4.93. The summed E-state index contributed by atoms with van der Waals surface area (Å²) >= 11 is 0. The van der Waals surface area contributed by atoms with Gasteiger partial charge in [0, 0.05) is 19.5 Å². The van der Waals surface area contributed by atoms with E-state index in [2.05, 4.69) is 5.32 Å². The molecule has 3 aromatic carbocycles. The lowest BCUT2D eigenvalue weighted by molar-refractivity contribution is -0.142. The van der Waals surface area contributed by atoms with Gasteiger partial charge < -0.3 is 15.0 Å². The lowest BCUT2D eigenvalue weighted by atomic mass is 10.0. The number of carbonyl (C=O) groups excluding carboxylic acids is 2. The summed E-state index contributed by atoms with van der Waals surface area (Å²) in [4.78, 5) is 28.4. The zero-order valence-corrected chi connectivity index (χ0v) is 20.5. The highest BCUT2D eigenvalue weighted by Gasteiger charge is 2.30. The largest absolute Gasteiger partial charge is 0.484 e. The minimum absolute atomic E-state index is 0.156. The maximum absolute atomic E-state index is 13.5. The van der Waals surface area contributed by atoms with E-state index in [0.717, 1.165) is 16.7 Å². The van der Waals surface area contributed by atoms with Crippen LogP contribution >= 0.6 is 0 Å². The molecule has 2 amide bonds. The van der Waals surface area contributed by atoms with Crippen LogP contribution < -0.4 is 10.1 Å². The van der Waals surface area contributed by atoms with Crippen LogP contribution in [0.4, 0.5) is 4.39 Å². The van der Waals surface area contributed by atoms with Gasteiger partial charge in [-0.1, -0.05) is 74.0 Å². The number of halogens is 1. The molecule has 0 aliphatic heterocycles. The van der Waals surface area contributed by atoms with E-state index >= 15 is 0 Å². The Morgan fingerprint density at radius 1 is 0.914 bits per heavy atom. The van der Waals surface area contributed by atoms with Crippen LogP contribution in [-0.4, -0.2) is 35.9 Å². The van der Waals surface area contributed by atoms with Gasteiger partial charge in [0.1, 0.15) is 17.6 Å². The van der Waals surface area contributed by atoms with Crippen molar-refractivity contribution >= 4 is 11.8 Å². The van der Waals surface area contributed by atoms with Crippen LogP contribution in [0, 0.1) is 18.7 Å². The second-order valence-electron chi connectivity index (χ2n) is 9.09. The number of ether oxygens (including phenoxy) is 1. The number of aryl methyl sites for hydroxylation is 1. The molecule has 0 aliphatic rings. The van der Waals surface area contributed by atoms with Crippen LogP contribution in [0.15, 0.2) is 78.9 Å². The Morgan fingerprint density at radius 3 is 2.20 bits per heavy atom. The molecule has 0 saturated carbocycles. The molecule has 0 aromatic heterocycles. The highest BCUT2D eigenvalue weighted by molar-refractivity contribution is 5.88. The fourth-order valence-corrected chi connectivity index (χ4v) is 3.63. The molecule has 0 radical (unpaired) electrons. The molecule has 0 spiro atoms. The summed E-state index contributed by atoms with van der Waals surface area (Å²) in [6, 6.07) is 22.2. The standard InChI is InChI=1S/C29H33FN2O3/c1-21(2)18-31-29(34)27(17-23-7-5-4-6-8-23)32(19-24-11-13-25(30)14-12-24)28(33)20-35-26-15-9-22(3)10-16-26/h4-16,21,27H,17-20H2,1-3H3,(H,31,34)/t27-/m0/s1. The number of hydrogen-bond donors (Lipinski definition) is 1. The van der Waals surface area contributed by atoms with Gasteiger partial charge in [-0.3, -0.25) is 9.59 Å². The number of amides is 2. The molecule has 5 nitrogen and oxygen atoms in total. The first kappa shape index (κ1) is 25.9. The third-order valence-corrected chi connectivity index (χ3v) is 5.61. The summed E-state index contributed by atoms with van der Waals surface area (Å²) in [6.45, 7) is 6.45. The monoisotopic (exact) mass is 476 g/mol. The molecular weight excluding hydrogens is 443 g/mol. The molecule has 0 heterocycles. The van der Waals surface area contributed by atoms with Gasteiger partial charge >= 0.3 is 0 Å². The van der Waals surface area contributed by atoms with Crippen molar-refractivity contribution in [3.8, 4) is 5.75 Å². The number of carbonyl (C=O) groups is 2. The van der Waals surface area contributed by atoms with Gasteiger partial charge in [0.2, 0.25) is 5.91 Å². The fraction of sp³-hybridized carbons (Fsp3) is 0.310. The molecule has 184 valence electrons. The van der Waals surface area contributed by atoms with Crippen molar-refractivity contribution in [2.75, 3.05) is 13.2 Å². The number of hydrogen-bond acceptors (Lipinski definition) is 3. The molecule has 3 aromatic rings. The van der Waals surface area contributed by atoms with Gasteiger partial charge in [-0.25, -0.2) is 4.39 Å². The van der Waals surface area contributed by atoms with E-state index < -0.39 is 6.04 Å². The summed E-state index contributed by atoms with van der Waals surface area (Å²) in [6.07, 6.45) is 0.349. The van der Waals surface area contributed by atoms with Crippen LogP contribution in [0.5, 0.6) is 5.75 Å². The molecule has 0 aliphatic carbocycles. The Labute approximate surface area is 206 Å². The molecule has 1 atom stereocenters. The van der Waals surface area contributed by atoms with E-state index in [1.54, 1.807) is 12.1 Å². The lowest BCUT2D eigenvalue weighted by Gasteiger charge is -2.31. The van der Waals surface area contributed by atoms with Gasteiger partial charge in [-0.15, -0.1) is 0 Å². The van der Waals surface area contributed by atoms with Crippen LogP contribution in [-0.2, 0) is 22.6 Å². The first-order valence-electron chi connectivity index (χ1n) is 11.9. The molecule has 3 rings (SSSR count). The van der Waals surface area contributed by atoms with Crippen LogP contribution in [0.1, 0.15) is 30.5 Å². The first-order chi connectivity index (χ1) is 16.8. The summed E-state index contributed by atoms with van der Waals surface area (Å²) < 4.78 is 19.3. The SMILES string of the molecule is Cc1ccc(OCC(=O)N(Cc2ccc(F)cc2)[C@@H](Cc2ccccc2)C(=O)NCC(C)C)cc1. The van der Waals surface area contributed by atoms with E-state index in [4.69, 9.17) is 4.74 Å².